The predicted octanol–water partition coefficient (Wildman–Crippen LogP) is 5.58. The van der Waals surface area contributed by atoms with Crippen LogP contribution in [0.25, 0.3) is 17.1 Å². The molecule has 0 spiro atoms. The molecular formula is C24H22ClN5OS. The maximum atomic E-state index is 12.8. The van der Waals surface area contributed by atoms with E-state index >= 15 is 0 Å². The van der Waals surface area contributed by atoms with E-state index in [4.69, 9.17) is 11.6 Å². The zero-order chi connectivity index (χ0) is 22.5. The summed E-state index contributed by atoms with van der Waals surface area (Å²) >= 11 is 7.42. The highest BCUT2D eigenvalue weighted by molar-refractivity contribution is 7.99. The normalized spacial score (nSPS) is 10.8. The Morgan fingerprint density at radius 3 is 2.53 bits per heavy atom. The van der Waals surface area contributed by atoms with Crippen LogP contribution in [0.5, 0.6) is 0 Å². The van der Waals surface area contributed by atoms with E-state index in [2.05, 4.69) is 27.4 Å². The van der Waals surface area contributed by atoms with Crippen molar-refractivity contribution >= 4 is 35.0 Å². The van der Waals surface area contributed by atoms with Gasteiger partial charge in [-0.3, -0.25) is 14.3 Å². The number of hydrogen-bond donors (Lipinski definition) is 1. The summed E-state index contributed by atoms with van der Waals surface area (Å²) in [5.41, 5.74) is 4.80. The fraction of sp³-hybridized carbons (Fsp3) is 0.167. The number of rotatable bonds is 7. The Morgan fingerprint density at radius 2 is 1.81 bits per heavy atom. The smallest absolute Gasteiger partial charge is 0.234 e. The van der Waals surface area contributed by atoms with Crippen molar-refractivity contribution in [3.8, 4) is 17.1 Å². The molecule has 0 radical (unpaired) electrons. The quantitative estimate of drug-likeness (QED) is 0.362. The van der Waals surface area contributed by atoms with Crippen LogP contribution in [-0.2, 0) is 11.2 Å². The summed E-state index contributed by atoms with van der Waals surface area (Å²) in [6, 6.07) is 17.2. The number of anilines is 1. The maximum absolute atomic E-state index is 12.8. The molecular weight excluding hydrogens is 442 g/mol. The number of para-hydroxylation sites is 1. The average Bonchev–Trinajstić information content (AvgIpc) is 3.24. The average molecular weight is 464 g/mol. The zero-order valence-electron chi connectivity index (χ0n) is 17.7. The second-order valence-electron chi connectivity index (χ2n) is 7.15. The number of halogens is 1. The zero-order valence-corrected chi connectivity index (χ0v) is 19.3. The summed E-state index contributed by atoms with van der Waals surface area (Å²) in [4.78, 5) is 16.8. The number of aromatic nitrogens is 4. The van der Waals surface area contributed by atoms with Gasteiger partial charge >= 0.3 is 0 Å². The Kier molecular flexibility index (Phi) is 6.87. The minimum absolute atomic E-state index is 0.0879. The van der Waals surface area contributed by atoms with Crippen molar-refractivity contribution < 1.29 is 4.79 Å². The van der Waals surface area contributed by atoms with E-state index < -0.39 is 0 Å². The third-order valence-electron chi connectivity index (χ3n) is 4.99. The molecule has 0 saturated heterocycles. The summed E-state index contributed by atoms with van der Waals surface area (Å²) in [7, 11) is 0. The number of carbonyl (C=O) groups excluding carboxylic acids is 1. The molecule has 8 heteroatoms. The number of pyridine rings is 1. The van der Waals surface area contributed by atoms with Crippen molar-refractivity contribution in [2.75, 3.05) is 11.1 Å². The summed E-state index contributed by atoms with van der Waals surface area (Å²) in [5, 5.41) is 13.1. The SMILES string of the molecule is CCc1cccc(C)c1NC(=O)CSc1nnc(-c2ccncc2)n1-c1ccc(Cl)cc1. The van der Waals surface area contributed by atoms with Crippen molar-refractivity contribution in [3.05, 3.63) is 83.1 Å². The fourth-order valence-corrected chi connectivity index (χ4v) is 4.26. The number of carbonyl (C=O) groups is 1. The third-order valence-corrected chi connectivity index (χ3v) is 6.17. The number of hydrogen-bond acceptors (Lipinski definition) is 5. The van der Waals surface area contributed by atoms with Gasteiger partial charge in [0.05, 0.1) is 5.75 Å². The summed E-state index contributed by atoms with van der Waals surface area (Å²) in [6.45, 7) is 4.08. The van der Waals surface area contributed by atoms with Gasteiger partial charge in [0.2, 0.25) is 5.91 Å². The van der Waals surface area contributed by atoms with Gasteiger partial charge in [0, 0.05) is 34.4 Å². The lowest BCUT2D eigenvalue weighted by atomic mass is 10.1. The maximum Gasteiger partial charge on any atom is 0.234 e. The molecule has 1 N–H and O–H groups in total. The molecule has 1 amide bonds. The molecule has 0 saturated carbocycles. The van der Waals surface area contributed by atoms with Gasteiger partial charge in [-0.05, 0) is 60.9 Å². The minimum Gasteiger partial charge on any atom is -0.325 e. The minimum atomic E-state index is -0.0879. The van der Waals surface area contributed by atoms with E-state index in [1.54, 1.807) is 12.4 Å². The standard InChI is InChI=1S/C24H22ClN5OS/c1-3-17-6-4-5-16(2)22(17)27-21(31)15-32-24-29-28-23(18-11-13-26-14-12-18)30(24)20-9-7-19(25)8-10-20/h4-14H,3,15H2,1-2H3,(H,27,31). The number of nitrogens with one attached hydrogen (secondary N) is 1. The molecule has 32 heavy (non-hydrogen) atoms. The Labute approximate surface area is 196 Å². The van der Waals surface area contributed by atoms with Crippen molar-refractivity contribution in [1.82, 2.24) is 19.7 Å². The third kappa shape index (κ3) is 4.84. The number of aryl methyl sites for hydroxylation is 2. The van der Waals surface area contributed by atoms with E-state index in [0.29, 0.717) is 16.0 Å². The number of benzene rings is 2. The van der Waals surface area contributed by atoms with Gasteiger partial charge in [-0.15, -0.1) is 10.2 Å². The Hall–Kier alpha value is -3.16. The highest BCUT2D eigenvalue weighted by Crippen LogP contribution is 2.29. The first-order valence-corrected chi connectivity index (χ1v) is 11.6. The molecule has 0 atom stereocenters. The van der Waals surface area contributed by atoms with Crippen LogP contribution < -0.4 is 5.32 Å². The van der Waals surface area contributed by atoms with E-state index in [1.165, 1.54) is 11.8 Å². The molecule has 0 aliphatic rings. The van der Waals surface area contributed by atoms with Gasteiger partial charge in [-0.25, -0.2) is 0 Å². The molecule has 0 fully saturated rings. The molecule has 4 aromatic rings. The van der Waals surface area contributed by atoms with Crippen LogP contribution in [0, 0.1) is 6.92 Å². The van der Waals surface area contributed by atoms with Crippen LogP contribution in [0.3, 0.4) is 0 Å². The number of amides is 1. The van der Waals surface area contributed by atoms with E-state index in [-0.39, 0.29) is 11.7 Å². The Balaban J connectivity index is 1.60. The van der Waals surface area contributed by atoms with Crippen LogP contribution in [0.15, 0.2) is 72.1 Å². The fourth-order valence-electron chi connectivity index (χ4n) is 3.38. The molecule has 2 aromatic carbocycles. The van der Waals surface area contributed by atoms with E-state index in [9.17, 15) is 4.79 Å². The predicted molar refractivity (Wildman–Crippen MR) is 130 cm³/mol. The van der Waals surface area contributed by atoms with Gasteiger partial charge in [0.25, 0.3) is 0 Å². The first kappa shape index (κ1) is 22.0. The second-order valence-corrected chi connectivity index (χ2v) is 8.53. The monoisotopic (exact) mass is 463 g/mol. The number of nitrogens with zero attached hydrogens (tertiary/aromatic N) is 4. The first-order chi connectivity index (χ1) is 15.6. The van der Waals surface area contributed by atoms with E-state index in [0.717, 1.165) is 34.5 Å². The van der Waals surface area contributed by atoms with Crippen molar-refractivity contribution in [2.24, 2.45) is 0 Å². The van der Waals surface area contributed by atoms with Gasteiger partial charge < -0.3 is 5.32 Å². The molecule has 0 bridgehead atoms. The van der Waals surface area contributed by atoms with Crippen LogP contribution >= 0.6 is 23.4 Å². The number of thioether (sulfide) groups is 1. The van der Waals surface area contributed by atoms with Crippen LogP contribution in [0.1, 0.15) is 18.1 Å². The summed E-state index contributed by atoms with van der Waals surface area (Å²) < 4.78 is 1.93. The summed E-state index contributed by atoms with van der Waals surface area (Å²) in [5.74, 6) is 0.791. The van der Waals surface area contributed by atoms with Crippen molar-refractivity contribution in [2.45, 2.75) is 25.4 Å². The largest absolute Gasteiger partial charge is 0.325 e. The highest BCUT2D eigenvalue weighted by atomic mass is 35.5. The van der Waals surface area contributed by atoms with Gasteiger partial charge in [-0.2, -0.15) is 0 Å². The molecule has 6 nitrogen and oxygen atoms in total. The molecule has 162 valence electrons. The van der Waals surface area contributed by atoms with Gasteiger partial charge in [-0.1, -0.05) is 48.5 Å². The molecule has 0 aliphatic heterocycles. The molecule has 0 aliphatic carbocycles. The van der Waals surface area contributed by atoms with Crippen molar-refractivity contribution in [1.29, 1.82) is 0 Å². The van der Waals surface area contributed by atoms with Gasteiger partial charge in [0.15, 0.2) is 11.0 Å². The molecule has 0 unspecified atom stereocenters. The van der Waals surface area contributed by atoms with Crippen LogP contribution in [0.2, 0.25) is 5.02 Å². The second kappa shape index (κ2) is 9.97. The topological polar surface area (TPSA) is 72.7 Å². The highest BCUT2D eigenvalue weighted by Gasteiger charge is 2.18. The lowest BCUT2D eigenvalue weighted by molar-refractivity contribution is -0.113. The van der Waals surface area contributed by atoms with Crippen LogP contribution in [0.4, 0.5) is 5.69 Å². The van der Waals surface area contributed by atoms with Crippen molar-refractivity contribution in [3.63, 3.8) is 0 Å². The first-order valence-electron chi connectivity index (χ1n) is 10.2. The molecule has 2 aromatic heterocycles. The molecule has 2 heterocycles. The Bertz CT molecular complexity index is 1230. The lowest BCUT2D eigenvalue weighted by Crippen LogP contribution is -2.16. The summed E-state index contributed by atoms with van der Waals surface area (Å²) in [6.07, 6.45) is 4.28. The van der Waals surface area contributed by atoms with Gasteiger partial charge in [0.1, 0.15) is 0 Å². The molecule has 4 rings (SSSR count). The Morgan fingerprint density at radius 1 is 1.06 bits per heavy atom. The van der Waals surface area contributed by atoms with E-state index in [1.807, 2.05) is 66.1 Å². The lowest BCUT2D eigenvalue weighted by Gasteiger charge is -2.13. The van der Waals surface area contributed by atoms with Crippen LogP contribution in [-0.4, -0.2) is 31.4 Å².